The minimum atomic E-state index is 0.427. The number of thioether (sulfide) groups is 1. The Kier molecular flexibility index (Phi) is 3.93. The largest absolute Gasteiger partial charge is 0.328 e. The molecule has 0 heterocycles. The van der Waals surface area contributed by atoms with Crippen molar-refractivity contribution in [2.75, 3.05) is 0 Å². The Labute approximate surface area is 103 Å². The lowest BCUT2D eigenvalue weighted by Crippen LogP contribution is -2.29. The number of benzene rings is 1. The molecule has 88 valence electrons. The first-order valence-corrected chi connectivity index (χ1v) is 7.02. The van der Waals surface area contributed by atoms with Crippen LogP contribution < -0.4 is 5.73 Å². The third-order valence-corrected chi connectivity index (χ3v) is 4.76. The van der Waals surface area contributed by atoms with Crippen LogP contribution in [-0.4, -0.2) is 11.3 Å². The number of nitrogens with two attached hydrogens (primary N) is 1. The Balaban J connectivity index is 2.05. The lowest BCUT2D eigenvalue weighted by molar-refractivity contribution is 0.451. The molecule has 2 atom stereocenters. The highest BCUT2D eigenvalue weighted by molar-refractivity contribution is 8.00. The van der Waals surface area contributed by atoms with Gasteiger partial charge in [0.1, 0.15) is 0 Å². The minimum Gasteiger partial charge on any atom is -0.328 e. The predicted octanol–water partition coefficient (Wildman–Crippen LogP) is 3.67. The number of hydrogen-bond acceptors (Lipinski definition) is 2. The Morgan fingerprint density at radius 2 is 2.06 bits per heavy atom. The average Bonchev–Trinajstić information content (AvgIpc) is 2.24. The molecular weight excluding hydrogens is 214 g/mol. The van der Waals surface area contributed by atoms with Crippen LogP contribution in [0.1, 0.15) is 36.8 Å². The van der Waals surface area contributed by atoms with Gasteiger partial charge in [0.15, 0.2) is 0 Å². The molecule has 0 saturated heterocycles. The average molecular weight is 235 g/mol. The quantitative estimate of drug-likeness (QED) is 0.846. The van der Waals surface area contributed by atoms with Crippen LogP contribution in [0.2, 0.25) is 0 Å². The van der Waals surface area contributed by atoms with E-state index < -0.39 is 0 Å². The van der Waals surface area contributed by atoms with Gasteiger partial charge in [-0.2, -0.15) is 0 Å². The van der Waals surface area contributed by atoms with Crippen LogP contribution in [0.4, 0.5) is 0 Å². The number of rotatable bonds is 2. The van der Waals surface area contributed by atoms with Crippen molar-refractivity contribution in [3.05, 3.63) is 29.3 Å². The Morgan fingerprint density at radius 1 is 1.25 bits per heavy atom. The van der Waals surface area contributed by atoms with E-state index in [0.29, 0.717) is 6.04 Å². The molecule has 16 heavy (non-hydrogen) atoms. The molecule has 2 heteroatoms. The highest BCUT2D eigenvalue weighted by atomic mass is 32.2. The molecular formula is C14H21NS. The second kappa shape index (κ2) is 5.24. The zero-order valence-corrected chi connectivity index (χ0v) is 11.0. The molecule has 1 aliphatic carbocycles. The van der Waals surface area contributed by atoms with Gasteiger partial charge < -0.3 is 5.73 Å². The van der Waals surface area contributed by atoms with E-state index >= 15 is 0 Å². The van der Waals surface area contributed by atoms with Gasteiger partial charge in [-0.3, -0.25) is 0 Å². The summed E-state index contributed by atoms with van der Waals surface area (Å²) in [6.45, 7) is 4.36. The van der Waals surface area contributed by atoms with Crippen molar-refractivity contribution in [1.82, 2.24) is 0 Å². The smallest absolute Gasteiger partial charge is 0.0109 e. The van der Waals surface area contributed by atoms with Crippen molar-refractivity contribution in [2.24, 2.45) is 5.73 Å². The maximum absolute atomic E-state index is 6.03. The second-order valence-corrected chi connectivity index (χ2v) is 6.28. The van der Waals surface area contributed by atoms with E-state index in [1.54, 1.807) is 0 Å². The van der Waals surface area contributed by atoms with Crippen molar-refractivity contribution >= 4 is 11.8 Å². The molecule has 0 spiro atoms. The summed E-state index contributed by atoms with van der Waals surface area (Å²) in [5, 5.41) is 0.726. The maximum Gasteiger partial charge on any atom is 0.0109 e. The van der Waals surface area contributed by atoms with Crippen LogP contribution in [0.5, 0.6) is 0 Å². The first kappa shape index (κ1) is 12.0. The zero-order valence-electron chi connectivity index (χ0n) is 10.2. The molecule has 0 amide bonds. The molecule has 0 aromatic heterocycles. The fourth-order valence-corrected chi connectivity index (χ4v) is 3.80. The summed E-state index contributed by atoms with van der Waals surface area (Å²) in [5.41, 5.74) is 8.79. The molecule has 2 unspecified atom stereocenters. The van der Waals surface area contributed by atoms with Gasteiger partial charge in [-0.05, 0) is 44.7 Å². The van der Waals surface area contributed by atoms with Gasteiger partial charge in [-0.1, -0.05) is 24.1 Å². The number of hydrogen-bond donors (Lipinski definition) is 1. The molecule has 1 nitrogen and oxygen atoms in total. The molecule has 0 bridgehead atoms. The van der Waals surface area contributed by atoms with E-state index in [9.17, 15) is 0 Å². The standard InChI is InChI=1S/C14H21NS/c1-10-6-7-11(2)14(8-10)16-13-5-3-4-12(15)9-13/h6-8,12-13H,3-5,9,15H2,1-2H3. The van der Waals surface area contributed by atoms with Gasteiger partial charge in [0.05, 0.1) is 0 Å². The number of aryl methyl sites for hydroxylation is 2. The molecule has 2 N–H and O–H groups in total. The minimum absolute atomic E-state index is 0.427. The molecule has 1 aromatic rings. The molecule has 1 aromatic carbocycles. The molecule has 0 aliphatic heterocycles. The van der Waals surface area contributed by atoms with E-state index in [2.05, 4.69) is 32.0 Å². The SMILES string of the molecule is Cc1ccc(C)c(SC2CCCC(N)C2)c1. The van der Waals surface area contributed by atoms with Crippen LogP contribution in [-0.2, 0) is 0 Å². The summed E-state index contributed by atoms with van der Waals surface area (Å²) in [5.74, 6) is 0. The highest BCUT2D eigenvalue weighted by Crippen LogP contribution is 2.35. The van der Waals surface area contributed by atoms with Crippen molar-refractivity contribution in [3.63, 3.8) is 0 Å². The summed E-state index contributed by atoms with van der Waals surface area (Å²) < 4.78 is 0. The molecule has 1 saturated carbocycles. The lowest BCUT2D eigenvalue weighted by Gasteiger charge is -2.26. The molecule has 0 radical (unpaired) electrons. The summed E-state index contributed by atoms with van der Waals surface area (Å²) in [6.07, 6.45) is 5.01. The van der Waals surface area contributed by atoms with Gasteiger partial charge in [0.2, 0.25) is 0 Å². The third-order valence-electron chi connectivity index (χ3n) is 3.30. The monoisotopic (exact) mass is 235 g/mol. The summed E-state index contributed by atoms with van der Waals surface area (Å²) in [4.78, 5) is 1.44. The highest BCUT2D eigenvalue weighted by Gasteiger charge is 2.20. The zero-order chi connectivity index (χ0) is 11.5. The first-order valence-electron chi connectivity index (χ1n) is 6.14. The molecule has 1 aliphatic rings. The van der Waals surface area contributed by atoms with Crippen LogP contribution in [0.3, 0.4) is 0 Å². The Morgan fingerprint density at radius 3 is 2.81 bits per heavy atom. The van der Waals surface area contributed by atoms with Crippen LogP contribution in [0.15, 0.2) is 23.1 Å². The third kappa shape index (κ3) is 3.02. The second-order valence-electron chi connectivity index (χ2n) is 4.94. The Bertz CT molecular complexity index is 362. The van der Waals surface area contributed by atoms with E-state index in [1.165, 1.54) is 41.7 Å². The van der Waals surface area contributed by atoms with Crippen LogP contribution in [0, 0.1) is 13.8 Å². The summed E-state index contributed by atoms with van der Waals surface area (Å²) in [6, 6.07) is 7.14. The fraction of sp³-hybridized carbons (Fsp3) is 0.571. The normalized spacial score (nSPS) is 25.7. The van der Waals surface area contributed by atoms with Crippen LogP contribution in [0.25, 0.3) is 0 Å². The predicted molar refractivity (Wildman–Crippen MR) is 72.0 cm³/mol. The van der Waals surface area contributed by atoms with E-state index in [1.807, 2.05) is 11.8 Å². The summed E-state index contributed by atoms with van der Waals surface area (Å²) >= 11 is 2.03. The van der Waals surface area contributed by atoms with E-state index in [-0.39, 0.29) is 0 Å². The van der Waals surface area contributed by atoms with Crippen molar-refractivity contribution in [3.8, 4) is 0 Å². The first-order chi connectivity index (χ1) is 7.65. The lowest BCUT2D eigenvalue weighted by atomic mass is 9.96. The van der Waals surface area contributed by atoms with Gasteiger partial charge in [-0.15, -0.1) is 11.8 Å². The Hall–Kier alpha value is -0.470. The molecule has 1 fully saturated rings. The van der Waals surface area contributed by atoms with Crippen molar-refractivity contribution < 1.29 is 0 Å². The van der Waals surface area contributed by atoms with Gasteiger partial charge in [0, 0.05) is 16.2 Å². The van der Waals surface area contributed by atoms with Gasteiger partial charge in [0.25, 0.3) is 0 Å². The van der Waals surface area contributed by atoms with Crippen molar-refractivity contribution in [1.29, 1.82) is 0 Å². The maximum atomic E-state index is 6.03. The van der Waals surface area contributed by atoms with Crippen molar-refractivity contribution in [2.45, 2.75) is 55.7 Å². The molecule has 2 rings (SSSR count). The topological polar surface area (TPSA) is 26.0 Å². The van der Waals surface area contributed by atoms with E-state index in [0.717, 1.165) is 5.25 Å². The van der Waals surface area contributed by atoms with Gasteiger partial charge in [-0.25, -0.2) is 0 Å². The summed E-state index contributed by atoms with van der Waals surface area (Å²) in [7, 11) is 0. The van der Waals surface area contributed by atoms with E-state index in [4.69, 9.17) is 5.73 Å². The van der Waals surface area contributed by atoms with Crippen LogP contribution >= 0.6 is 11.8 Å². The van der Waals surface area contributed by atoms with Gasteiger partial charge >= 0.3 is 0 Å². The fourth-order valence-electron chi connectivity index (χ4n) is 2.30.